The molecule has 0 radical (unpaired) electrons. The normalized spacial score (nSPS) is 56.9. The van der Waals surface area contributed by atoms with E-state index in [0.717, 1.165) is 38.5 Å². The first-order valence-corrected chi connectivity index (χ1v) is 13.9. The summed E-state index contributed by atoms with van der Waals surface area (Å²) < 4.78 is 5.95. The highest BCUT2D eigenvalue weighted by molar-refractivity contribution is 5.82. The fourth-order valence-corrected chi connectivity index (χ4v) is 11.1. The molecule has 4 saturated carbocycles. The molecule has 10 atom stereocenters. The van der Waals surface area contributed by atoms with Crippen molar-refractivity contribution in [3.8, 4) is 0 Å². The predicted molar refractivity (Wildman–Crippen MR) is 132 cm³/mol. The van der Waals surface area contributed by atoms with Gasteiger partial charge in [-0.15, -0.1) is 0 Å². The third kappa shape index (κ3) is 2.42. The van der Waals surface area contributed by atoms with Gasteiger partial charge in [0.25, 0.3) is 0 Å². The number of aliphatic hydroxyl groups is 2. The van der Waals surface area contributed by atoms with E-state index in [1.807, 2.05) is 0 Å². The van der Waals surface area contributed by atoms with Crippen molar-refractivity contribution in [1.82, 2.24) is 0 Å². The molecule has 1 spiro atoms. The van der Waals surface area contributed by atoms with Crippen LogP contribution in [0.1, 0.15) is 99.8 Å². The van der Waals surface area contributed by atoms with Crippen LogP contribution in [-0.4, -0.2) is 34.5 Å². The summed E-state index contributed by atoms with van der Waals surface area (Å²) in [6.45, 7) is 16.5. The van der Waals surface area contributed by atoms with Crippen LogP contribution in [0.4, 0.5) is 0 Å². The van der Waals surface area contributed by atoms with Crippen molar-refractivity contribution in [2.45, 2.75) is 118 Å². The maximum atomic E-state index is 13.4. The average molecular weight is 471 g/mol. The van der Waals surface area contributed by atoms with E-state index in [-0.39, 0.29) is 51.2 Å². The molecule has 1 heterocycles. The van der Waals surface area contributed by atoms with Crippen LogP contribution in [0.15, 0.2) is 11.6 Å². The molecule has 190 valence electrons. The van der Waals surface area contributed by atoms with Gasteiger partial charge < -0.3 is 14.9 Å². The molecule has 2 bridgehead atoms. The van der Waals surface area contributed by atoms with Gasteiger partial charge in [-0.3, -0.25) is 4.79 Å². The molecule has 4 heteroatoms. The van der Waals surface area contributed by atoms with Crippen molar-refractivity contribution in [2.24, 2.45) is 50.2 Å². The summed E-state index contributed by atoms with van der Waals surface area (Å²) in [6.07, 6.45) is 9.13. The lowest BCUT2D eigenvalue weighted by molar-refractivity contribution is -0.212. The lowest BCUT2D eigenvalue weighted by Gasteiger charge is -2.71. The van der Waals surface area contributed by atoms with E-state index in [0.29, 0.717) is 24.7 Å². The molecule has 6 aliphatic rings. The van der Waals surface area contributed by atoms with Crippen LogP contribution in [0.25, 0.3) is 0 Å². The Morgan fingerprint density at radius 1 is 0.882 bits per heavy atom. The molecular formula is C30H46O4. The van der Waals surface area contributed by atoms with Crippen molar-refractivity contribution >= 4 is 5.97 Å². The first-order chi connectivity index (χ1) is 15.6. The zero-order chi connectivity index (χ0) is 24.7. The zero-order valence-corrected chi connectivity index (χ0v) is 22.4. The number of ether oxygens (including phenoxy) is 1. The SMILES string of the molecule is CC1(C)C[C@@H]2C3=CC[C@@H]4[C@@]5(C)CC[C@H](O)C(C)(C)[C@@H]5CC[C@@]4(C)[C@]3(C)C[C@@H](O)[C@@]23C[C@@H]1OC3=O. The number of aliphatic hydroxyl groups excluding tert-OH is 2. The summed E-state index contributed by atoms with van der Waals surface area (Å²) >= 11 is 0. The van der Waals surface area contributed by atoms with E-state index >= 15 is 0 Å². The van der Waals surface area contributed by atoms with Gasteiger partial charge in [-0.1, -0.05) is 60.1 Å². The summed E-state index contributed by atoms with van der Waals surface area (Å²) in [5, 5.41) is 22.7. The third-order valence-electron chi connectivity index (χ3n) is 13.4. The molecule has 5 fully saturated rings. The average Bonchev–Trinajstić information content (AvgIpc) is 3.05. The Morgan fingerprint density at radius 2 is 1.59 bits per heavy atom. The van der Waals surface area contributed by atoms with E-state index in [1.54, 1.807) is 0 Å². The second kappa shape index (κ2) is 6.52. The minimum Gasteiger partial charge on any atom is -0.461 e. The lowest BCUT2D eigenvalue weighted by atomic mass is 9.33. The molecule has 2 N–H and O–H groups in total. The summed E-state index contributed by atoms with van der Waals surface area (Å²) in [5.74, 6) is 0.977. The Kier molecular flexibility index (Phi) is 4.51. The van der Waals surface area contributed by atoms with Crippen LogP contribution in [0, 0.1) is 50.2 Å². The Morgan fingerprint density at radius 3 is 2.29 bits per heavy atom. The topological polar surface area (TPSA) is 66.8 Å². The van der Waals surface area contributed by atoms with Crippen LogP contribution in [0.3, 0.4) is 0 Å². The highest BCUT2D eigenvalue weighted by Gasteiger charge is 2.74. The second-order valence-electron chi connectivity index (χ2n) is 15.3. The third-order valence-corrected chi connectivity index (χ3v) is 13.4. The van der Waals surface area contributed by atoms with Crippen LogP contribution >= 0.6 is 0 Å². The number of carbonyl (C=O) groups is 1. The molecule has 0 amide bonds. The maximum Gasteiger partial charge on any atom is 0.315 e. The number of hydrogen-bond acceptors (Lipinski definition) is 4. The minimum atomic E-state index is -0.743. The number of carbonyl (C=O) groups excluding carboxylic acids is 1. The van der Waals surface area contributed by atoms with Gasteiger partial charge in [0.05, 0.1) is 12.2 Å². The van der Waals surface area contributed by atoms with Gasteiger partial charge in [0.1, 0.15) is 11.5 Å². The molecule has 0 aromatic carbocycles. The van der Waals surface area contributed by atoms with Gasteiger partial charge in [-0.05, 0) is 84.4 Å². The van der Waals surface area contributed by atoms with Gasteiger partial charge in [-0.25, -0.2) is 0 Å². The second-order valence-corrected chi connectivity index (χ2v) is 15.3. The van der Waals surface area contributed by atoms with E-state index in [2.05, 4.69) is 54.5 Å². The monoisotopic (exact) mass is 470 g/mol. The van der Waals surface area contributed by atoms with Crippen LogP contribution < -0.4 is 0 Å². The first-order valence-electron chi connectivity index (χ1n) is 13.9. The number of allylic oxidation sites excluding steroid dienone is 2. The minimum absolute atomic E-state index is 0.0641. The lowest BCUT2D eigenvalue weighted by Crippen LogP contribution is -2.67. The van der Waals surface area contributed by atoms with Gasteiger partial charge in [0, 0.05) is 11.8 Å². The summed E-state index contributed by atoms with van der Waals surface area (Å²) in [4.78, 5) is 13.4. The van der Waals surface area contributed by atoms with Crippen molar-refractivity contribution in [1.29, 1.82) is 0 Å². The molecule has 0 aromatic heterocycles. The van der Waals surface area contributed by atoms with Crippen molar-refractivity contribution in [2.75, 3.05) is 0 Å². The molecule has 0 aromatic rings. The molecule has 6 rings (SSSR count). The maximum absolute atomic E-state index is 13.4. The first kappa shape index (κ1) is 23.5. The Bertz CT molecular complexity index is 965. The van der Waals surface area contributed by atoms with Crippen LogP contribution in [0.5, 0.6) is 0 Å². The van der Waals surface area contributed by atoms with E-state index in [4.69, 9.17) is 4.74 Å². The summed E-state index contributed by atoms with van der Waals surface area (Å²) in [7, 11) is 0. The molecular weight excluding hydrogens is 424 g/mol. The fourth-order valence-electron chi connectivity index (χ4n) is 11.1. The van der Waals surface area contributed by atoms with Crippen LogP contribution in [-0.2, 0) is 9.53 Å². The predicted octanol–water partition coefficient (Wildman–Crippen LogP) is 5.66. The molecule has 1 saturated heterocycles. The highest BCUT2D eigenvalue weighted by atomic mass is 16.6. The fraction of sp³-hybridized carbons (Fsp3) is 0.900. The van der Waals surface area contributed by atoms with Crippen molar-refractivity contribution in [3.05, 3.63) is 11.6 Å². The number of hydrogen-bond donors (Lipinski definition) is 2. The highest BCUT2D eigenvalue weighted by Crippen LogP contribution is 2.76. The Hall–Kier alpha value is -0.870. The molecule has 4 nitrogen and oxygen atoms in total. The summed E-state index contributed by atoms with van der Waals surface area (Å²) in [6, 6.07) is 0. The standard InChI is InChI=1S/C30H46O4/c1-25(2)14-18-17-8-9-20-27(5)12-11-21(31)26(3,4)19(27)10-13-28(20,6)29(17,7)15-22(32)30(18)16-23(25)34-24(30)33/h8,18-23,31-32H,9-16H2,1-7H3/t18-,19+,20-,21+,22-,23+,27+,28-,29-,30-/m1/s1. The zero-order valence-electron chi connectivity index (χ0n) is 22.4. The van der Waals surface area contributed by atoms with Gasteiger partial charge in [0.2, 0.25) is 0 Å². The van der Waals surface area contributed by atoms with Crippen LogP contribution in [0.2, 0.25) is 0 Å². The van der Waals surface area contributed by atoms with Crippen molar-refractivity contribution < 1.29 is 19.7 Å². The quantitative estimate of drug-likeness (QED) is 0.354. The molecule has 0 unspecified atom stereocenters. The Balaban J connectivity index is 1.47. The Labute approximate surface area is 205 Å². The van der Waals surface area contributed by atoms with Gasteiger partial charge >= 0.3 is 5.97 Å². The largest absolute Gasteiger partial charge is 0.461 e. The smallest absolute Gasteiger partial charge is 0.315 e. The molecule has 5 aliphatic carbocycles. The van der Waals surface area contributed by atoms with Crippen molar-refractivity contribution in [3.63, 3.8) is 0 Å². The van der Waals surface area contributed by atoms with E-state index in [9.17, 15) is 15.0 Å². The number of fused-ring (bicyclic) bond motifs is 7. The number of rotatable bonds is 0. The number of esters is 1. The van der Waals surface area contributed by atoms with Gasteiger partial charge in [-0.2, -0.15) is 0 Å². The van der Waals surface area contributed by atoms with E-state index in [1.165, 1.54) is 5.57 Å². The molecule has 34 heavy (non-hydrogen) atoms. The summed E-state index contributed by atoms with van der Waals surface area (Å²) in [5.41, 5.74) is 0.726. The van der Waals surface area contributed by atoms with Gasteiger partial charge in [0.15, 0.2) is 0 Å². The van der Waals surface area contributed by atoms with E-state index < -0.39 is 11.5 Å². The molecule has 1 aliphatic heterocycles.